The molecule has 7 N–H and O–H groups in total. The van der Waals surface area contributed by atoms with E-state index in [2.05, 4.69) is 31.4 Å². The molecule has 1 heterocycles. The van der Waals surface area contributed by atoms with Crippen molar-refractivity contribution in [1.29, 1.82) is 0 Å². The van der Waals surface area contributed by atoms with Crippen LogP contribution in [-0.4, -0.2) is 124 Å². The monoisotopic (exact) mass is 807 g/mol. The van der Waals surface area contributed by atoms with Crippen LogP contribution in [0.25, 0.3) is 5.53 Å². The van der Waals surface area contributed by atoms with Crippen LogP contribution in [0.2, 0.25) is 0 Å². The number of nitrogens with two attached hydrogens (primary N) is 1. The summed E-state index contributed by atoms with van der Waals surface area (Å²) in [5.41, 5.74) is 13.0. The molecule has 8 amide bonds. The molecule has 57 heavy (non-hydrogen) atoms. The van der Waals surface area contributed by atoms with Crippen molar-refractivity contribution >= 4 is 65.4 Å². The maximum atomic E-state index is 14.5. The summed E-state index contributed by atoms with van der Waals surface area (Å²) in [6, 6.07) is -8.43. The number of Topliss-reactive ketones (excluding diaryl/α,β-unsaturated/α-hetero) is 1. The van der Waals surface area contributed by atoms with Crippen LogP contribution in [0.1, 0.15) is 100 Å². The predicted octanol–water partition coefficient (Wildman–Crippen LogP) is -0.853. The van der Waals surface area contributed by atoms with Crippen LogP contribution in [0.15, 0.2) is 0 Å². The fraction of sp³-hybridized carbons (Fsp3) is 0.694. The molecule has 0 aliphatic carbocycles. The van der Waals surface area contributed by atoms with Crippen LogP contribution in [-0.2, 0) is 52.6 Å². The predicted molar refractivity (Wildman–Crippen MR) is 200 cm³/mol. The standard InChI is InChI=1S/C36H57N9O12/c1-10-19(4)28(32(52)43-27(18(2)3)34(54)56-9)44-31(51)24(14-15-25(37)47)45(35(55)57-36(6,7)8)33(53)23(12-11-21(46)17-39-38)42-29(49)20(5)40-30(50)22-13-16-26(48)41-22/h17-20,22-24,27-28H,10-16H2,1-9H3,(H2,37,47)(H,40,50)(H,41,48)(H,42,49)(H,43,52)(H,44,51)/t19-,20-,22-,23-,24-,27-,28-/m0/s1. The normalized spacial score (nSPS) is 16.8. The molecule has 318 valence electrons. The van der Waals surface area contributed by atoms with Gasteiger partial charge < -0.3 is 47.3 Å². The molecule has 0 aromatic carbocycles. The summed E-state index contributed by atoms with van der Waals surface area (Å²) in [7, 11) is 1.14. The summed E-state index contributed by atoms with van der Waals surface area (Å²) >= 11 is 0. The number of amides is 8. The summed E-state index contributed by atoms with van der Waals surface area (Å²) in [6.07, 6.45) is -2.50. The summed E-state index contributed by atoms with van der Waals surface area (Å²) in [5.74, 6) is -8.75. The van der Waals surface area contributed by atoms with Gasteiger partial charge in [0, 0.05) is 19.3 Å². The Morgan fingerprint density at radius 3 is 2.04 bits per heavy atom. The second-order valence-electron chi connectivity index (χ2n) is 15.0. The third kappa shape index (κ3) is 16.1. The van der Waals surface area contributed by atoms with E-state index < -0.39 is 133 Å². The lowest BCUT2D eigenvalue weighted by Gasteiger charge is -2.35. The van der Waals surface area contributed by atoms with E-state index in [1.54, 1.807) is 27.7 Å². The molecule has 21 heteroatoms. The number of carbonyl (C=O) groups is 10. The van der Waals surface area contributed by atoms with Crippen molar-refractivity contribution in [2.24, 2.45) is 17.6 Å². The van der Waals surface area contributed by atoms with E-state index in [9.17, 15) is 47.9 Å². The van der Waals surface area contributed by atoms with Gasteiger partial charge >= 0.3 is 18.3 Å². The first kappa shape index (κ1) is 49.3. The fourth-order valence-corrected chi connectivity index (χ4v) is 5.49. The maximum Gasteiger partial charge on any atom is 0.417 e. The van der Waals surface area contributed by atoms with Crippen molar-refractivity contribution in [2.75, 3.05) is 7.11 Å². The number of ketones is 1. The smallest absolute Gasteiger partial charge is 0.417 e. The first-order chi connectivity index (χ1) is 26.5. The van der Waals surface area contributed by atoms with Crippen LogP contribution in [0.3, 0.4) is 0 Å². The lowest BCUT2D eigenvalue weighted by Crippen LogP contribution is -2.62. The van der Waals surface area contributed by atoms with Crippen LogP contribution in [0.5, 0.6) is 0 Å². The van der Waals surface area contributed by atoms with Gasteiger partial charge in [-0.05, 0) is 58.8 Å². The van der Waals surface area contributed by atoms with Gasteiger partial charge in [-0.1, -0.05) is 34.1 Å². The lowest BCUT2D eigenvalue weighted by molar-refractivity contribution is -0.147. The van der Waals surface area contributed by atoms with E-state index in [1.165, 1.54) is 27.7 Å². The summed E-state index contributed by atoms with van der Waals surface area (Å²) < 4.78 is 10.3. The van der Waals surface area contributed by atoms with E-state index in [-0.39, 0.29) is 18.7 Å². The Hall–Kier alpha value is -5.72. The van der Waals surface area contributed by atoms with Crippen LogP contribution in [0, 0.1) is 11.8 Å². The fourth-order valence-electron chi connectivity index (χ4n) is 5.49. The van der Waals surface area contributed by atoms with Crippen molar-refractivity contribution in [3.63, 3.8) is 0 Å². The zero-order chi connectivity index (χ0) is 43.8. The Balaban J connectivity index is 3.77. The first-order valence-electron chi connectivity index (χ1n) is 18.6. The highest BCUT2D eigenvalue weighted by atomic mass is 16.6. The SMILES string of the molecule is CC[C@H](C)[C@H](NC(=O)[C@H](CCC(N)=O)N(C(=O)OC(C)(C)C)C(=O)[C@H](CCC(=O)C=[N+]=[N-])NC(=O)[C@H](C)NC(=O)[C@@H]1CCC(=O)N1)C(=O)N[C@H](C(=O)OC)C(C)C. The number of carbonyl (C=O) groups excluding carboxylic acids is 10. The minimum absolute atomic E-state index is 0.0974. The third-order valence-electron chi connectivity index (χ3n) is 8.88. The van der Waals surface area contributed by atoms with Crippen molar-refractivity contribution in [1.82, 2.24) is 31.5 Å². The van der Waals surface area contributed by atoms with Crippen LogP contribution >= 0.6 is 0 Å². The van der Waals surface area contributed by atoms with E-state index >= 15 is 0 Å². The van der Waals surface area contributed by atoms with Gasteiger partial charge in [-0.3, -0.25) is 38.4 Å². The zero-order valence-electron chi connectivity index (χ0n) is 34.0. The highest BCUT2D eigenvalue weighted by molar-refractivity contribution is 6.25. The Bertz CT molecular complexity index is 1590. The minimum atomic E-state index is -1.92. The van der Waals surface area contributed by atoms with E-state index in [0.717, 1.165) is 7.11 Å². The Morgan fingerprint density at radius 2 is 1.54 bits per heavy atom. The number of nitrogens with zero attached hydrogens (tertiary/aromatic N) is 3. The number of hydrogen-bond acceptors (Lipinski definition) is 12. The van der Waals surface area contributed by atoms with Gasteiger partial charge in [-0.15, -0.1) is 0 Å². The van der Waals surface area contributed by atoms with Crippen LogP contribution in [0.4, 0.5) is 4.79 Å². The molecule has 0 unspecified atom stereocenters. The average molecular weight is 808 g/mol. The maximum absolute atomic E-state index is 14.5. The van der Waals surface area contributed by atoms with E-state index in [1.807, 2.05) is 0 Å². The second kappa shape index (κ2) is 22.7. The number of imide groups is 1. The number of rotatable bonds is 21. The largest absolute Gasteiger partial charge is 0.467 e. The molecule has 0 bridgehead atoms. The van der Waals surface area contributed by atoms with Gasteiger partial charge in [-0.2, -0.15) is 4.79 Å². The molecule has 0 saturated carbocycles. The molecule has 1 fully saturated rings. The van der Waals surface area contributed by atoms with Gasteiger partial charge in [0.1, 0.15) is 41.9 Å². The molecular weight excluding hydrogens is 750 g/mol. The topological polar surface area (TPSA) is 315 Å². The number of primary amides is 1. The molecule has 21 nitrogen and oxygen atoms in total. The van der Waals surface area contributed by atoms with Gasteiger partial charge in [0.25, 0.3) is 5.91 Å². The molecule has 0 radical (unpaired) electrons. The Morgan fingerprint density at radius 1 is 0.930 bits per heavy atom. The molecule has 1 rings (SSSR count). The average Bonchev–Trinajstić information content (AvgIpc) is 3.56. The number of hydrogen-bond donors (Lipinski definition) is 6. The number of methoxy groups -OCH3 is 1. The quantitative estimate of drug-likeness (QED) is 0.0358. The molecule has 7 atom stereocenters. The third-order valence-corrected chi connectivity index (χ3v) is 8.88. The molecule has 0 aromatic heterocycles. The van der Waals surface area contributed by atoms with Gasteiger partial charge in [-0.25, -0.2) is 14.5 Å². The number of esters is 1. The highest BCUT2D eigenvalue weighted by Gasteiger charge is 2.43. The zero-order valence-corrected chi connectivity index (χ0v) is 34.0. The van der Waals surface area contributed by atoms with E-state index in [4.69, 9.17) is 20.7 Å². The molecular formula is C36H57N9O12. The van der Waals surface area contributed by atoms with Crippen molar-refractivity contribution in [3.8, 4) is 0 Å². The second-order valence-corrected chi connectivity index (χ2v) is 15.0. The number of nitrogens with one attached hydrogen (secondary N) is 5. The summed E-state index contributed by atoms with van der Waals surface area (Å²) in [4.78, 5) is 134. The van der Waals surface area contributed by atoms with Crippen molar-refractivity contribution in [2.45, 2.75) is 142 Å². The Kier molecular flexibility index (Phi) is 19.7. The highest BCUT2D eigenvalue weighted by Crippen LogP contribution is 2.20. The molecule has 1 saturated heterocycles. The van der Waals surface area contributed by atoms with Crippen molar-refractivity contribution < 1.29 is 62.2 Å². The Labute approximate surface area is 331 Å². The van der Waals surface area contributed by atoms with Crippen molar-refractivity contribution in [3.05, 3.63) is 5.53 Å². The summed E-state index contributed by atoms with van der Waals surface area (Å²) in [6.45, 7) is 12.3. The minimum Gasteiger partial charge on any atom is -0.467 e. The van der Waals surface area contributed by atoms with Gasteiger partial charge in [0.05, 0.1) is 7.11 Å². The van der Waals surface area contributed by atoms with Gasteiger partial charge in [0.15, 0.2) is 0 Å². The molecule has 0 aromatic rings. The molecule has 1 aliphatic rings. The van der Waals surface area contributed by atoms with Crippen LogP contribution < -0.4 is 32.3 Å². The molecule has 0 spiro atoms. The van der Waals surface area contributed by atoms with Gasteiger partial charge in [0.2, 0.25) is 41.2 Å². The first-order valence-corrected chi connectivity index (χ1v) is 18.6. The lowest BCUT2D eigenvalue weighted by atomic mass is 9.95. The summed E-state index contributed by atoms with van der Waals surface area (Å²) in [5, 5.41) is 12.4. The number of ether oxygens (including phenoxy) is 2. The molecule has 1 aliphatic heterocycles. The van der Waals surface area contributed by atoms with E-state index in [0.29, 0.717) is 17.5 Å².